The van der Waals surface area contributed by atoms with Crippen molar-refractivity contribution in [2.75, 3.05) is 6.61 Å². The predicted octanol–water partition coefficient (Wildman–Crippen LogP) is 7.13. The van der Waals surface area contributed by atoms with Crippen molar-refractivity contribution < 1.29 is 4.74 Å². The molecule has 0 aromatic heterocycles. The van der Waals surface area contributed by atoms with Crippen LogP contribution in [0.4, 0.5) is 0 Å². The number of rotatable bonds is 8. The van der Waals surface area contributed by atoms with Gasteiger partial charge < -0.3 is 4.74 Å². The fraction of sp³-hybridized carbons (Fsp3) is 0.407. The number of allylic oxidation sites excluding steroid dienone is 2. The van der Waals surface area contributed by atoms with E-state index in [0.717, 1.165) is 31.3 Å². The molecule has 146 valence electrons. The van der Waals surface area contributed by atoms with Gasteiger partial charge in [0.2, 0.25) is 0 Å². The first-order valence-corrected chi connectivity index (χ1v) is 10.6. The van der Waals surface area contributed by atoms with Crippen LogP contribution in [0.5, 0.6) is 0 Å². The number of terminal acetylenes is 1. The van der Waals surface area contributed by atoms with E-state index in [1.165, 1.54) is 47.9 Å². The summed E-state index contributed by atoms with van der Waals surface area (Å²) in [7, 11) is 0. The lowest BCUT2D eigenvalue weighted by Crippen LogP contribution is -2.11. The van der Waals surface area contributed by atoms with Gasteiger partial charge in [-0.3, -0.25) is 0 Å². The van der Waals surface area contributed by atoms with Crippen LogP contribution in [0, 0.1) is 18.3 Å². The molecular weight excluding hydrogens is 340 g/mol. The fourth-order valence-electron chi connectivity index (χ4n) is 4.12. The van der Waals surface area contributed by atoms with Crippen molar-refractivity contribution in [3.8, 4) is 23.5 Å². The van der Waals surface area contributed by atoms with E-state index in [-0.39, 0.29) is 0 Å². The molecule has 0 aliphatic heterocycles. The zero-order valence-electron chi connectivity index (χ0n) is 17.1. The van der Waals surface area contributed by atoms with Crippen LogP contribution < -0.4 is 0 Å². The van der Waals surface area contributed by atoms with Gasteiger partial charge in [-0.25, -0.2) is 0 Å². The molecule has 0 unspecified atom stereocenters. The van der Waals surface area contributed by atoms with Crippen molar-refractivity contribution in [2.24, 2.45) is 5.92 Å². The van der Waals surface area contributed by atoms with Gasteiger partial charge in [0.15, 0.2) is 0 Å². The van der Waals surface area contributed by atoms with Crippen LogP contribution >= 0.6 is 0 Å². The molecule has 28 heavy (non-hydrogen) atoms. The summed E-state index contributed by atoms with van der Waals surface area (Å²) >= 11 is 0. The molecular formula is C27H32O. The summed E-state index contributed by atoms with van der Waals surface area (Å²) in [4.78, 5) is 0. The summed E-state index contributed by atoms with van der Waals surface area (Å²) in [6, 6.07) is 17.9. The van der Waals surface area contributed by atoms with E-state index in [1.54, 1.807) is 0 Å². The summed E-state index contributed by atoms with van der Waals surface area (Å²) in [5, 5.41) is 0. The summed E-state index contributed by atoms with van der Waals surface area (Å²) in [6.45, 7) is 3.51. The molecule has 0 heterocycles. The van der Waals surface area contributed by atoms with Gasteiger partial charge in [-0.15, -0.1) is 12.3 Å². The maximum atomic E-state index is 5.67. The van der Waals surface area contributed by atoms with Crippen LogP contribution in [-0.2, 0) is 11.3 Å². The number of unbranched alkanes of at least 4 members (excludes halogenated alkanes) is 1. The third-order valence-electron chi connectivity index (χ3n) is 5.78. The van der Waals surface area contributed by atoms with Crippen LogP contribution in [0.1, 0.15) is 62.5 Å². The summed E-state index contributed by atoms with van der Waals surface area (Å²) < 4.78 is 5.67. The predicted molar refractivity (Wildman–Crippen MR) is 119 cm³/mol. The Labute approximate surface area is 170 Å². The molecule has 0 amide bonds. The normalized spacial score (nSPS) is 19.6. The zero-order valence-corrected chi connectivity index (χ0v) is 17.1. The second-order valence-electron chi connectivity index (χ2n) is 7.82. The molecule has 2 aromatic rings. The van der Waals surface area contributed by atoms with E-state index in [9.17, 15) is 0 Å². The highest BCUT2D eigenvalue weighted by atomic mass is 16.5. The second kappa shape index (κ2) is 10.9. The smallest absolute Gasteiger partial charge is 0.0716 e. The standard InChI is InChI=1S/C27H32O/c1-3-5-6-20-28-21-23-10-14-25(15-11-23)27-18-16-26(17-19-27)24-12-8-22(7-4-2)9-13-24/h1,4,7,10-11,14-19,22,24H,5-6,8-9,12-13,20-21H2,2H3/b7-4-. The quantitative estimate of drug-likeness (QED) is 0.272. The zero-order chi connectivity index (χ0) is 19.6. The van der Waals surface area contributed by atoms with Crippen LogP contribution in [-0.4, -0.2) is 6.61 Å². The van der Waals surface area contributed by atoms with Crippen molar-refractivity contribution >= 4 is 0 Å². The van der Waals surface area contributed by atoms with Gasteiger partial charge in [0, 0.05) is 13.0 Å². The molecule has 1 aliphatic carbocycles. The third-order valence-corrected chi connectivity index (χ3v) is 5.78. The van der Waals surface area contributed by atoms with Gasteiger partial charge in [-0.05, 0) is 73.1 Å². The molecule has 1 aliphatic rings. The molecule has 1 nitrogen and oxygen atoms in total. The summed E-state index contributed by atoms with van der Waals surface area (Å²) in [5.74, 6) is 4.16. The molecule has 0 atom stereocenters. The molecule has 0 radical (unpaired) electrons. The average molecular weight is 373 g/mol. The molecule has 1 saturated carbocycles. The Kier molecular flexibility index (Phi) is 7.94. The van der Waals surface area contributed by atoms with Crippen molar-refractivity contribution in [1.29, 1.82) is 0 Å². The number of benzene rings is 2. The van der Waals surface area contributed by atoms with Gasteiger partial charge in [0.25, 0.3) is 0 Å². The van der Waals surface area contributed by atoms with E-state index in [0.29, 0.717) is 6.61 Å². The second-order valence-corrected chi connectivity index (χ2v) is 7.82. The van der Waals surface area contributed by atoms with Crippen LogP contribution in [0.25, 0.3) is 11.1 Å². The Balaban J connectivity index is 1.53. The van der Waals surface area contributed by atoms with E-state index in [2.05, 4.69) is 73.5 Å². The van der Waals surface area contributed by atoms with Gasteiger partial charge in [-0.1, -0.05) is 60.7 Å². The molecule has 0 saturated heterocycles. The Morgan fingerprint density at radius 2 is 1.61 bits per heavy atom. The Hall–Kier alpha value is -2.30. The SMILES string of the molecule is C#CCCCOCc1ccc(-c2ccc(C3CCC(/C=C\C)CC3)cc2)cc1. The minimum atomic E-state index is 0.652. The first kappa shape index (κ1) is 20.4. The lowest BCUT2D eigenvalue weighted by molar-refractivity contribution is 0.119. The lowest BCUT2D eigenvalue weighted by atomic mass is 9.78. The third kappa shape index (κ3) is 5.85. The molecule has 0 N–H and O–H groups in total. The first-order chi connectivity index (χ1) is 13.8. The minimum Gasteiger partial charge on any atom is -0.377 e. The number of hydrogen-bond acceptors (Lipinski definition) is 1. The van der Waals surface area contributed by atoms with Crippen molar-refractivity contribution in [2.45, 2.75) is 58.0 Å². The largest absolute Gasteiger partial charge is 0.377 e. The van der Waals surface area contributed by atoms with Gasteiger partial charge >= 0.3 is 0 Å². The molecule has 1 fully saturated rings. The maximum absolute atomic E-state index is 5.67. The summed E-state index contributed by atoms with van der Waals surface area (Å²) in [6.07, 6.45) is 16.8. The van der Waals surface area contributed by atoms with Gasteiger partial charge in [-0.2, -0.15) is 0 Å². The van der Waals surface area contributed by atoms with E-state index in [4.69, 9.17) is 11.2 Å². The number of hydrogen-bond donors (Lipinski definition) is 0. The maximum Gasteiger partial charge on any atom is 0.0716 e. The highest BCUT2D eigenvalue weighted by molar-refractivity contribution is 5.64. The molecule has 2 aromatic carbocycles. The molecule has 0 spiro atoms. The average Bonchev–Trinajstić information content (AvgIpc) is 2.75. The Morgan fingerprint density at radius 3 is 2.21 bits per heavy atom. The van der Waals surface area contributed by atoms with E-state index in [1.807, 2.05) is 0 Å². The van der Waals surface area contributed by atoms with Crippen molar-refractivity contribution in [1.82, 2.24) is 0 Å². The van der Waals surface area contributed by atoms with E-state index < -0.39 is 0 Å². The Bertz CT molecular complexity index is 769. The van der Waals surface area contributed by atoms with Crippen molar-refractivity contribution in [3.05, 3.63) is 71.8 Å². The number of ether oxygens (including phenoxy) is 1. The van der Waals surface area contributed by atoms with Gasteiger partial charge in [0.05, 0.1) is 6.61 Å². The fourth-order valence-corrected chi connectivity index (χ4v) is 4.12. The molecule has 3 rings (SSSR count). The van der Waals surface area contributed by atoms with Crippen LogP contribution in [0.2, 0.25) is 0 Å². The molecule has 0 bridgehead atoms. The highest BCUT2D eigenvalue weighted by Crippen LogP contribution is 2.36. The molecule has 1 heteroatoms. The Morgan fingerprint density at radius 1 is 0.964 bits per heavy atom. The highest BCUT2D eigenvalue weighted by Gasteiger charge is 2.20. The lowest BCUT2D eigenvalue weighted by Gasteiger charge is -2.27. The van der Waals surface area contributed by atoms with Gasteiger partial charge in [0.1, 0.15) is 0 Å². The first-order valence-electron chi connectivity index (χ1n) is 10.6. The van der Waals surface area contributed by atoms with Crippen LogP contribution in [0.15, 0.2) is 60.7 Å². The minimum absolute atomic E-state index is 0.652. The van der Waals surface area contributed by atoms with Crippen molar-refractivity contribution in [3.63, 3.8) is 0 Å². The topological polar surface area (TPSA) is 9.23 Å². The summed E-state index contributed by atoms with van der Waals surface area (Å²) in [5.41, 5.74) is 5.26. The van der Waals surface area contributed by atoms with E-state index >= 15 is 0 Å². The van der Waals surface area contributed by atoms with Crippen LogP contribution in [0.3, 0.4) is 0 Å². The monoisotopic (exact) mass is 372 g/mol.